The van der Waals surface area contributed by atoms with Gasteiger partial charge in [0.25, 0.3) is 0 Å². The highest BCUT2D eigenvalue weighted by atomic mass is 16.5. The third-order valence-electron chi connectivity index (χ3n) is 2.60. The lowest BCUT2D eigenvalue weighted by Gasteiger charge is -2.11. The average Bonchev–Trinajstić information content (AvgIpc) is 2.49. The number of benzene rings is 1. The molecule has 0 spiro atoms. The van der Waals surface area contributed by atoms with E-state index in [4.69, 9.17) is 9.47 Å². The van der Waals surface area contributed by atoms with E-state index in [9.17, 15) is 9.59 Å². The first kappa shape index (κ1) is 17.0. The minimum Gasteiger partial charge on any atom is -0.492 e. The van der Waals surface area contributed by atoms with Crippen LogP contribution in [-0.4, -0.2) is 38.2 Å². The molecule has 21 heavy (non-hydrogen) atoms. The van der Waals surface area contributed by atoms with Crippen LogP contribution in [0.4, 0.5) is 5.69 Å². The highest BCUT2D eigenvalue weighted by Crippen LogP contribution is 2.23. The van der Waals surface area contributed by atoms with Crippen LogP contribution in [0.15, 0.2) is 24.3 Å². The molecule has 1 aromatic rings. The SMILES string of the molecule is CCOCCCNC(=O)C(=O)Nc1ccccc1OCC. The second-order valence-electron chi connectivity index (χ2n) is 4.19. The Hall–Kier alpha value is -2.08. The predicted octanol–water partition coefficient (Wildman–Crippen LogP) is 1.57. The predicted molar refractivity (Wildman–Crippen MR) is 80.4 cm³/mol. The second kappa shape index (κ2) is 9.77. The highest BCUT2D eigenvalue weighted by Gasteiger charge is 2.14. The fourth-order valence-electron chi connectivity index (χ4n) is 1.63. The van der Waals surface area contributed by atoms with Crippen molar-refractivity contribution in [3.05, 3.63) is 24.3 Å². The Balaban J connectivity index is 2.43. The largest absolute Gasteiger partial charge is 0.492 e. The number of anilines is 1. The first-order valence-electron chi connectivity index (χ1n) is 7.07. The van der Waals surface area contributed by atoms with Crippen LogP contribution in [0.25, 0.3) is 0 Å². The molecule has 0 aromatic heterocycles. The van der Waals surface area contributed by atoms with Gasteiger partial charge in [0.1, 0.15) is 5.75 Å². The summed E-state index contributed by atoms with van der Waals surface area (Å²) in [5.41, 5.74) is 0.480. The molecular weight excluding hydrogens is 272 g/mol. The van der Waals surface area contributed by atoms with Gasteiger partial charge < -0.3 is 20.1 Å². The molecular formula is C15H22N2O4. The van der Waals surface area contributed by atoms with Crippen LogP contribution in [0.5, 0.6) is 5.75 Å². The highest BCUT2D eigenvalue weighted by molar-refractivity contribution is 6.39. The minimum absolute atomic E-state index is 0.402. The van der Waals surface area contributed by atoms with Crippen molar-refractivity contribution < 1.29 is 19.1 Å². The van der Waals surface area contributed by atoms with Gasteiger partial charge in [-0.1, -0.05) is 12.1 Å². The van der Waals surface area contributed by atoms with Crippen LogP contribution >= 0.6 is 0 Å². The molecule has 0 unspecified atom stereocenters. The Kier molecular flexibility index (Phi) is 7.89. The summed E-state index contributed by atoms with van der Waals surface area (Å²) in [4.78, 5) is 23.4. The van der Waals surface area contributed by atoms with Crippen molar-refractivity contribution in [2.45, 2.75) is 20.3 Å². The van der Waals surface area contributed by atoms with E-state index in [0.717, 1.165) is 0 Å². The quantitative estimate of drug-likeness (QED) is 0.563. The lowest BCUT2D eigenvalue weighted by Crippen LogP contribution is -2.36. The molecule has 0 heterocycles. The number of carbonyl (C=O) groups excluding carboxylic acids is 2. The maximum atomic E-state index is 11.8. The standard InChI is InChI=1S/C15H22N2O4/c1-3-20-11-7-10-16-14(18)15(19)17-12-8-5-6-9-13(12)21-4-2/h5-6,8-9H,3-4,7,10-11H2,1-2H3,(H,16,18)(H,17,19). The molecule has 0 radical (unpaired) electrons. The maximum absolute atomic E-state index is 11.8. The van der Waals surface area contributed by atoms with E-state index in [-0.39, 0.29) is 0 Å². The Morgan fingerprint density at radius 3 is 2.57 bits per heavy atom. The van der Waals surface area contributed by atoms with Crippen molar-refractivity contribution in [2.75, 3.05) is 31.7 Å². The summed E-state index contributed by atoms with van der Waals surface area (Å²) in [6.45, 7) is 5.84. The zero-order chi connectivity index (χ0) is 15.5. The smallest absolute Gasteiger partial charge is 0.313 e. The van der Waals surface area contributed by atoms with Crippen molar-refractivity contribution >= 4 is 17.5 Å². The summed E-state index contributed by atoms with van der Waals surface area (Å²) < 4.78 is 10.5. The molecule has 0 aliphatic rings. The zero-order valence-electron chi connectivity index (χ0n) is 12.5. The third kappa shape index (κ3) is 6.27. The van der Waals surface area contributed by atoms with Crippen LogP contribution in [0, 0.1) is 0 Å². The van der Waals surface area contributed by atoms with Gasteiger partial charge in [0.15, 0.2) is 0 Å². The minimum atomic E-state index is -0.710. The second-order valence-corrected chi connectivity index (χ2v) is 4.19. The van der Waals surface area contributed by atoms with Gasteiger partial charge >= 0.3 is 11.8 Å². The van der Waals surface area contributed by atoms with Crippen molar-refractivity contribution in [3.63, 3.8) is 0 Å². The zero-order valence-corrected chi connectivity index (χ0v) is 12.5. The summed E-state index contributed by atoms with van der Waals surface area (Å²) in [7, 11) is 0. The topological polar surface area (TPSA) is 76.7 Å². The number of para-hydroxylation sites is 2. The van der Waals surface area contributed by atoms with Crippen molar-refractivity contribution in [2.24, 2.45) is 0 Å². The average molecular weight is 294 g/mol. The molecule has 2 N–H and O–H groups in total. The molecule has 6 heteroatoms. The summed E-state index contributed by atoms with van der Waals surface area (Å²) in [5.74, 6) is -0.839. The fourth-order valence-corrected chi connectivity index (χ4v) is 1.63. The van der Waals surface area contributed by atoms with Crippen LogP contribution in [0.1, 0.15) is 20.3 Å². The molecule has 0 atom stereocenters. The molecule has 0 fully saturated rings. The van der Waals surface area contributed by atoms with Crippen molar-refractivity contribution in [3.8, 4) is 5.75 Å². The molecule has 0 saturated heterocycles. The Morgan fingerprint density at radius 1 is 1.10 bits per heavy atom. The monoisotopic (exact) mass is 294 g/mol. The molecule has 0 aliphatic carbocycles. The van der Waals surface area contributed by atoms with Gasteiger partial charge in [-0.3, -0.25) is 9.59 Å². The van der Waals surface area contributed by atoms with Gasteiger partial charge in [0, 0.05) is 19.8 Å². The molecule has 116 valence electrons. The molecule has 0 aliphatic heterocycles. The molecule has 2 amide bonds. The fraction of sp³-hybridized carbons (Fsp3) is 0.467. The normalized spacial score (nSPS) is 10.0. The summed E-state index contributed by atoms with van der Waals surface area (Å²) in [6, 6.07) is 6.98. The first-order chi connectivity index (χ1) is 10.2. The van der Waals surface area contributed by atoms with Gasteiger partial charge in [-0.15, -0.1) is 0 Å². The van der Waals surface area contributed by atoms with Crippen LogP contribution in [0.2, 0.25) is 0 Å². The number of hydrogen-bond donors (Lipinski definition) is 2. The number of nitrogens with one attached hydrogen (secondary N) is 2. The van der Waals surface area contributed by atoms with Gasteiger partial charge in [0.05, 0.1) is 12.3 Å². The third-order valence-corrected chi connectivity index (χ3v) is 2.60. The van der Waals surface area contributed by atoms with E-state index in [0.29, 0.717) is 44.2 Å². The van der Waals surface area contributed by atoms with Crippen molar-refractivity contribution in [1.82, 2.24) is 5.32 Å². The Bertz CT molecular complexity index is 463. The van der Waals surface area contributed by atoms with Gasteiger partial charge in [0.2, 0.25) is 0 Å². The van der Waals surface area contributed by atoms with E-state index in [1.54, 1.807) is 24.3 Å². The number of rotatable bonds is 8. The maximum Gasteiger partial charge on any atom is 0.313 e. The molecule has 1 aromatic carbocycles. The lowest BCUT2D eigenvalue weighted by atomic mass is 10.3. The molecule has 0 bridgehead atoms. The molecule has 6 nitrogen and oxygen atoms in total. The number of carbonyl (C=O) groups is 2. The lowest BCUT2D eigenvalue weighted by molar-refractivity contribution is -0.136. The van der Waals surface area contributed by atoms with E-state index < -0.39 is 11.8 Å². The van der Waals surface area contributed by atoms with Crippen molar-refractivity contribution in [1.29, 1.82) is 0 Å². The van der Waals surface area contributed by atoms with Crippen LogP contribution in [-0.2, 0) is 14.3 Å². The van der Waals surface area contributed by atoms with Gasteiger partial charge in [-0.05, 0) is 32.4 Å². The molecule has 0 saturated carbocycles. The summed E-state index contributed by atoms with van der Waals surface area (Å²) in [6.07, 6.45) is 0.669. The summed E-state index contributed by atoms with van der Waals surface area (Å²) >= 11 is 0. The van der Waals surface area contributed by atoms with E-state index in [1.165, 1.54) is 0 Å². The first-order valence-corrected chi connectivity index (χ1v) is 7.07. The number of amides is 2. The number of hydrogen-bond acceptors (Lipinski definition) is 4. The van der Waals surface area contributed by atoms with Crippen LogP contribution in [0.3, 0.4) is 0 Å². The van der Waals surface area contributed by atoms with Gasteiger partial charge in [-0.2, -0.15) is 0 Å². The molecule has 1 rings (SSSR count). The Labute approximate surface area is 124 Å². The van der Waals surface area contributed by atoms with Gasteiger partial charge in [-0.25, -0.2) is 0 Å². The summed E-state index contributed by atoms with van der Waals surface area (Å²) in [5, 5.41) is 5.08. The van der Waals surface area contributed by atoms with E-state index in [1.807, 2.05) is 13.8 Å². The van der Waals surface area contributed by atoms with E-state index >= 15 is 0 Å². The van der Waals surface area contributed by atoms with Crippen LogP contribution < -0.4 is 15.4 Å². The van der Waals surface area contributed by atoms with E-state index in [2.05, 4.69) is 10.6 Å². The Morgan fingerprint density at radius 2 is 1.86 bits per heavy atom. The number of ether oxygens (including phenoxy) is 2.